The normalized spacial score (nSPS) is 19.0. The van der Waals surface area contributed by atoms with E-state index in [2.05, 4.69) is 10.6 Å². The third-order valence-corrected chi connectivity index (χ3v) is 4.01. The molecule has 2 aromatic carbocycles. The van der Waals surface area contributed by atoms with Crippen molar-refractivity contribution in [2.75, 3.05) is 10.6 Å². The molecule has 0 aliphatic carbocycles. The number of ketones is 1. The van der Waals surface area contributed by atoms with Crippen LogP contribution in [0.4, 0.5) is 24.5 Å². The molecule has 4 rings (SSSR count). The summed E-state index contributed by atoms with van der Waals surface area (Å²) in [6.07, 6.45) is -4.60. The predicted molar refractivity (Wildman–Crippen MR) is 81.4 cm³/mol. The summed E-state index contributed by atoms with van der Waals surface area (Å²) < 4.78 is 39.3. The van der Waals surface area contributed by atoms with Crippen LogP contribution in [0.15, 0.2) is 48.2 Å². The molecular weight excluding hydrogens is 321 g/mol. The molecule has 1 amide bonds. The van der Waals surface area contributed by atoms with Gasteiger partial charge in [-0.3, -0.25) is 9.59 Å². The van der Waals surface area contributed by atoms with Crippen molar-refractivity contribution in [3.63, 3.8) is 0 Å². The van der Waals surface area contributed by atoms with Crippen LogP contribution in [0.1, 0.15) is 21.5 Å². The van der Waals surface area contributed by atoms with E-state index < -0.39 is 23.4 Å². The van der Waals surface area contributed by atoms with Gasteiger partial charge >= 0.3 is 6.18 Å². The molecule has 24 heavy (non-hydrogen) atoms. The zero-order valence-corrected chi connectivity index (χ0v) is 12.0. The second-order valence-electron chi connectivity index (χ2n) is 5.43. The van der Waals surface area contributed by atoms with Crippen LogP contribution in [-0.2, 0) is 11.0 Å². The van der Waals surface area contributed by atoms with E-state index in [1.54, 1.807) is 24.3 Å². The number of nitrogens with one attached hydrogen (secondary N) is 2. The molecule has 2 aliphatic rings. The molecule has 7 heteroatoms. The van der Waals surface area contributed by atoms with E-state index in [1.807, 2.05) is 0 Å². The number of para-hydroxylation sites is 2. The number of allylic oxidation sites excluding steroid dienone is 1. The second kappa shape index (κ2) is 4.70. The van der Waals surface area contributed by atoms with E-state index in [0.29, 0.717) is 11.3 Å². The van der Waals surface area contributed by atoms with Crippen LogP contribution in [-0.4, -0.2) is 11.7 Å². The Hall–Kier alpha value is -3.09. The van der Waals surface area contributed by atoms with Gasteiger partial charge in [0.05, 0.1) is 16.8 Å². The van der Waals surface area contributed by atoms with Crippen molar-refractivity contribution in [2.24, 2.45) is 0 Å². The van der Waals surface area contributed by atoms with E-state index >= 15 is 0 Å². The molecule has 0 bridgehead atoms. The third-order valence-electron chi connectivity index (χ3n) is 4.01. The topological polar surface area (TPSA) is 58.2 Å². The van der Waals surface area contributed by atoms with Crippen molar-refractivity contribution in [1.82, 2.24) is 0 Å². The van der Waals surface area contributed by atoms with Crippen LogP contribution in [0.25, 0.3) is 5.57 Å². The molecule has 0 fully saturated rings. The van der Waals surface area contributed by atoms with Crippen LogP contribution in [0.3, 0.4) is 0 Å². The molecule has 0 unspecified atom stereocenters. The second-order valence-corrected chi connectivity index (χ2v) is 5.43. The molecule has 2 heterocycles. The van der Waals surface area contributed by atoms with E-state index in [-0.39, 0.29) is 22.5 Å². The van der Waals surface area contributed by atoms with Gasteiger partial charge in [-0.1, -0.05) is 24.3 Å². The number of benzene rings is 2. The smallest absolute Gasteiger partial charge is 0.351 e. The fourth-order valence-electron chi connectivity index (χ4n) is 2.97. The number of carbonyl (C=O) groups excluding carboxylic acids is 2. The minimum Gasteiger partial charge on any atom is -0.351 e. The summed E-state index contributed by atoms with van der Waals surface area (Å²) in [4.78, 5) is 24.8. The van der Waals surface area contributed by atoms with Gasteiger partial charge in [0, 0.05) is 16.8 Å². The van der Waals surface area contributed by atoms with Gasteiger partial charge in [0.1, 0.15) is 5.70 Å². The Morgan fingerprint density at radius 3 is 2.25 bits per heavy atom. The van der Waals surface area contributed by atoms with Crippen LogP contribution < -0.4 is 10.6 Å². The Labute approximate surface area is 134 Å². The number of alkyl halides is 3. The molecule has 0 aromatic heterocycles. The van der Waals surface area contributed by atoms with Crippen molar-refractivity contribution in [1.29, 1.82) is 0 Å². The summed E-state index contributed by atoms with van der Waals surface area (Å²) in [6.45, 7) is 0. The lowest BCUT2D eigenvalue weighted by Gasteiger charge is -2.11. The number of fused-ring (bicyclic) bond motifs is 2. The summed E-state index contributed by atoms with van der Waals surface area (Å²) in [7, 11) is 0. The molecule has 2 aromatic rings. The first-order valence-corrected chi connectivity index (χ1v) is 7.05. The molecule has 120 valence electrons. The minimum absolute atomic E-state index is 0.00762. The molecule has 0 atom stereocenters. The number of rotatable bonds is 0. The Morgan fingerprint density at radius 2 is 1.54 bits per heavy atom. The number of amides is 1. The molecule has 4 nitrogen and oxygen atoms in total. The largest absolute Gasteiger partial charge is 0.418 e. The van der Waals surface area contributed by atoms with Crippen LogP contribution in [0.2, 0.25) is 0 Å². The highest BCUT2D eigenvalue weighted by Gasteiger charge is 2.41. The average Bonchev–Trinajstić information content (AvgIpc) is 3.03. The molecule has 0 radical (unpaired) electrons. The monoisotopic (exact) mass is 330 g/mol. The highest BCUT2D eigenvalue weighted by Crippen LogP contribution is 2.44. The summed E-state index contributed by atoms with van der Waals surface area (Å²) in [6, 6.07) is 10.2. The Bertz CT molecular complexity index is 945. The van der Waals surface area contributed by atoms with Gasteiger partial charge in [0.25, 0.3) is 5.91 Å². The fourth-order valence-corrected chi connectivity index (χ4v) is 2.97. The zero-order valence-electron chi connectivity index (χ0n) is 12.0. The van der Waals surface area contributed by atoms with E-state index in [1.165, 1.54) is 12.1 Å². The van der Waals surface area contributed by atoms with Gasteiger partial charge < -0.3 is 10.6 Å². The molecular formula is C17H9F3N2O2. The highest BCUT2D eigenvalue weighted by atomic mass is 19.4. The third kappa shape index (κ3) is 1.94. The molecule has 2 aliphatic heterocycles. The molecule has 2 N–H and O–H groups in total. The van der Waals surface area contributed by atoms with E-state index in [4.69, 9.17) is 0 Å². The van der Waals surface area contributed by atoms with E-state index in [9.17, 15) is 22.8 Å². The maximum Gasteiger partial charge on any atom is 0.418 e. The molecule has 0 saturated carbocycles. The highest BCUT2D eigenvalue weighted by molar-refractivity contribution is 6.39. The van der Waals surface area contributed by atoms with Crippen LogP contribution in [0, 0.1) is 0 Å². The van der Waals surface area contributed by atoms with Crippen molar-refractivity contribution in [3.8, 4) is 0 Å². The van der Waals surface area contributed by atoms with Crippen molar-refractivity contribution >= 4 is 28.6 Å². The van der Waals surface area contributed by atoms with Gasteiger partial charge in [-0.05, 0) is 18.2 Å². The van der Waals surface area contributed by atoms with Gasteiger partial charge in [0.2, 0.25) is 5.78 Å². The van der Waals surface area contributed by atoms with E-state index in [0.717, 1.165) is 6.07 Å². The SMILES string of the molecule is O=C1Nc2c(cccc2C(F)(F)F)/C1=C1/Nc2ccccc2C1=O. The Balaban J connectivity index is 1.93. The quantitative estimate of drug-likeness (QED) is 0.725. The van der Waals surface area contributed by atoms with Gasteiger partial charge in [-0.15, -0.1) is 0 Å². The first kappa shape index (κ1) is 14.5. The standard InChI is InChI=1S/C17H9F3N2O2/c18-17(19,20)10-6-3-5-9-12(16(24)22-13(9)10)14-15(23)8-4-1-2-7-11(8)21-14/h1-7,21H,(H,22,24)/b14-12-. The number of carbonyl (C=O) groups is 2. The lowest BCUT2D eigenvalue weighted by Crippen LogP contribution is -2.12. The van der Waals surface area contributed by atoms with Crippen molar-refractivity contribution in [2.45, 2.75) is 6.18 Å². The van der Waals surface area contributed by atoms with Crippen LogP contribution >= 0.6 is 0 Å². The number of hydrogen-bond donors (Lipinski definition) is 2. The molecule has 0 saturated heterocycles. The minimum atomic E-state index is -4.60. The number of anilines is 2. The van der Waals surface area contributed by atoms with Crippen LogP contribution in [0.5, 0.6) is 0 Å². The lowest BCUT2D eigenvalue weighted by molar-refractivity contribution is -0.136. The first-order chi connectivity index (χ1) is 11.4. The fraction of sp³-hybridized carbons (Fsp3) is 0.0588. The average molecular weight is 330 g/mol. The Morgan fingerprint density at radius 1 is 0.833 bits per heavy atom. The summed E-state index contributed by atoms with van der Waals surface area (Å²) in [5.74, 6) is -1.15. The van der Waals surface area contributed by atoms with Crippen molar-refractivity contribution in [3.05, 3.63) is 64.9 Å². The Kier molecular flexibility index (Phi) is 2.84. The van der Waals surface area contributed by atoms with Crippen molar-refractivity contribution < 1.29 is 22.8 Å². The summed E-state index contributed by atoms with van der Waals surface area (Å²) in [5, 5.41) is 5.08. The summed E-state index contributed by atoms with van der Waals surface area (Å²) >= 11 is 0. The summed E-state index contributed by atoms with van der Waals surface area (Å²) in [5.41, 5.74) is -0.357. The maximum absolute atomic E-state index is 13.1. The number of halogens is 3. The van der Waals surface area contributed by atoms with Gasteiger partial charge in [0.15, 0.2) is 0 Å². The zero-order chi connectivity index (χ0) is 17.1. The number of hydrogen-bond acceptors (Lipinski definition) is 3. The first-order valence-electron chi connectivity index (χ1n) is 7.05. The lowest BCUT2D eigenvalue weighted by atomic mass is 10.00. The number of Topliss-reactive ketones (excluding diaryl/α,β-unsaturated/α-hetero) is 1. The van der Waals surface area contributed by atoms with Gasteiger partial charge in [-0.25, -0.2) is 0 Å². The maximum atomic E-state index is 13.1. The molecule has 0 spiro atoms. The predicted octanol–water partition coefficient (Wildman–Crippen LogP) is 3.68. The van der Waals surface area contributed by atoms with Gasteiger partial charge in [-0.2, -0.15) is 13.2 Å².